The van der Waals surface area contributed by atoms with Crippen molar-refractivity contribution in [2.75, 3.05) is 26.4 Å². The minimum absolute atomic E-state index is 0.0491. The van der Waals surface area contributed by atoms with E-state index < -0.39 is 49.3 Å². The molecule has 10 bridgehead atoms. The van der Waals surface area contributed by atoms with E-state index in [0.717, 1.165) is 22.3 Å². The number of unbranched alkanes of at least 4 members (excludes halogenated alkanes) is 2. The van der Waals surface area contributed by atoms with Gasteiger partial charge in [0.05, 0.1) is 13.2 Å². The van der Waals surface area contributed by atoms with Crippen LogP contribution in [0.2, 0.25) is 0 Å². The summed E-state index contributed by atoms with van der Waals surface area (Å²) in [5.74, 6) is -3.57. The molecule has 12 heteroatoms. The van der Waals surface area contributed by atoms with E-state index in [9.17, 15) is 29.4 Å². The van der Waals surface area contributed by atoms with Crippen LogP contribution in [0.25, 0.3) is 0 Å². The molecule has 0 saturated heterocycles. The molecule has 7 rings (SSSR count). The fraction of sp³-hybridized carbons (Fsp3) is 0.533. The van der Waals surface area contributed by atoms with Crippen molar-refractivity contribution < 1.29 is 57.8 Å². The standard InChI is InChI=1S/C60H78O12/c1-15-17-19-67-55(65)53-54(56(66)68-20-18-16-2)72-48(62)34-70-52-41-23-37-27-43(57(3,4)5)25-35(49(37)63)21-39-29-45(59(9,10)11)30-40(51(39)69-33-47(61)71-53)22-36-26-44(58(6,7)8)28-38(50(36)64)24-42(52)32-46(31-41)60(12,13)14/h25-32,53-54,63-64H,15-24,33-34H2,1-14H3/t53-,54?/m1/s1. The fourth-order valence-electron chi connectivity index (χ4n) is 8.90. The number of carbonyl (C=O) groups is 4. The van der Waals surface area contributed by atoms with E-state index in [1.165, 1.54) is 0 Å². The summed E-state index contributed by atoms with van der Waals surface area (Å²) in [5.41, 5.74) is 7.42. The highest BCUT2D eigenvalue weighted by atomic mass is 16.7. The zero-order valence-corrected chi connectivity index (χ0v) is 45.2. The molecule has 4 aromatic rings. The molecule has 4 aromatic carbocycles. The Bertz CT molecular complexity index is 2380. The monoisotopic (exact) mass is 991 g/mol. The lowest BCUT2D eigenvalue weighted by Crippen LogP contribution is -2.48. The van der Waals surface area contributed by atoms with Crippen LogP contribution >= 0.6 is 0 Å². The van der Waals surface area contributed by atoms with Gasteiger partial charge in [-0.25, -0.2) is 19.2 Å². The summed E-state index contributed by atoms with van der Waals surface area (Å²) in [5, 5.41) is 25.2. The number of ether oxygens (including phenoxy) is 6. The van der Waals surface area contributed by atoms with Gasteiger partial charge in [-0.05, 0) is 101 Å². The molecule has 2 N–H and O–H groups in total. The molecule has 0 amide bonds. The molecule has 0 saturated carbocycles. The van der Waals surface area contributed by atoms with E-state index in [1.807, 2.05) is 62.4 Å². The Balaban J connectivity index is 1.74. The largest absolute Gasteiger partial charge is 0.507 e. The molecule has 2 atom stereocenters. The van der Waals surface area contributed by atoms with Crippen molar-refractivity contribution >= 4 is 23.9 Å². The van der Waals surface area contributed by atoms with E-state index in [1.54, 1.807) is 0 Å². The number of hydrogen-bond donors (Lipinski definition) is 2. The first kappa shape index (κ1) is 55.3. The lowest BCUT2D eigenvalue weighted by Gasteiger charge is -2.28. The van der Waals surface area contributed by atoms with Gasteiger partial charge in [0.15, 0.2) is 13.2 Å². The van der Waals surface area contributed by atoms with Gasteiger partial charge >= 0.3 is 23.9 Å². The second-order valence-electron chi connectivity index (χ2n) is 23.7. The Hall–Kier alpha value is -6.04. The summed E-state index contributed by atoms with van der Waals surface area (Å²) in [6, 6.07) is 16.1. The number of fused-ring (bicyclic) bond motifs is 9. The van der Waals surface area contributed by atoms with Crippen LogP contribution < -0.4 is 9.47 Å². The summed E-state index contributed by atoms with van der Waals surface area (Å²) < 4.78 is 35.9. The Morgan fingerprint density at radius 3 is 0.958 bits per heavy atom. The van der Waals surface area contributed by atoms with Crippen molar-refractivity contribution in [1.29, 1.82) is 0 Å². The molecular weight excluding hydrogens is 913 g/mol. The number of hydrogen-bond acceptors (Lipinski definition) is 12. The van der Waals surface area contributed by atoms with E-state index in [2.05, 4.69) is 83.1 Å². The van der Waals surface area contributed by atoms with Crippen LogP contribution in [0.4, 0.5) is 0 Å². The van der Waals surface area contributed by atoms with E-state index in [4.69, 9.17) is 28.4 Å². The summed E-state index contributed by atoms with van der Waals surface area (Å²) >= 11 is 0. The summed E-state index contributed by atoms with van der Waals surface area (Å²) in [4.78, 5) is 56.5. The van der Waals surface area contributed by atoms with Crippen molar-refractivity contribution in [2.45, 2.75) is 182 Å². The van der Waals surface area contributed by atoms with Crippen LogP contribution in [-0.2, 0) is 85.5 Å². The van der Waals surface area contributed by atoms with E-state index in [0.29, 0.717) is 81.7 Å². The van der Waals surface area contributed by atoms with Crippen molar-refractivity contribution in [1.82, 2.24) is 0 Å². The normalized spacial score (nSPS) is 16.9. The van der Waals surface area contributed by atoms with Crippen LogP contribution in [-0.4, -0.2) is 72.7 Å². The summed E-state index contributed by atoms with van der Waals surface area (Å²) in [7, 11) is 0. The average molecular weight is 991 g/mol. The summed E-state index contributed by atoms with van der Waals surface area (Å²) in [6.07, 6.45) is -1.15. The molecule has 0 aromatic heterocycles. The second kappa shape index (κ2) is 22.0. The Morgan fingerprint density at radius 2 is 0.722 bits per heavy atom. The van der Waals surface area contributed by atoms with Gasteiger partial charge in [-0.2, -0.15) is 0 Å². The number of aromatic hydroxyl groups is 2. The summed E-state index contributed by atoms with van der Waals surface area (Å²) in [6.45, 7) is 27.5. The van der Waals surface area contributed by atoms with Crippen molar-refractivity contribution in [2.24, 2.45) is 0 Å². The van der Waals surface area contributed by atoms with Gasteiger partial charge in [-0.3, -0.25) is 0 Å². The van der Waals surface area contributed by atoms with Crippen LogP contribution in [0.15, 0.2) is 48.5 Å². The fourth-order valence-corrected chi connectivity index (χ4v) is 8.90. The third kappa shape index (κ3) is 13.3. The predicted molar refractivity (Wildman–Crippen MR) is 278 cm³/mol. The highest BCUT2D eigenvalue weighted by Crippen LogP contribution is 2.44. The highest BCUT2D eigenvalue weighted by molar-refractivity contribution is 5.90. The maximum atomic E-state index is 14.3. The minimum atomic E-state index is -2.07. The smallest absolute Gasteiger partial charge is 0.352 e. The molecular formula is C60H78O12. The first-order valence-corrected chi connectivity index (χ1v) is 25.6. The van der Waals surface area contributed by atoms with Crippen LogP contribution in [0.1, 0.15) is 189 Å². The third-order valence-corrected chi connectivity index (χ3v) is 13.4. The van der Waals surface area contributed by atoms with Crippen molar-refractivity contribution in [3.8, 4) is 23.0 Å². The quantitative estimate of drug-likeness (QED) is 0.0655. The lowest BCUT2D eigenvalue weighted by atomic mass is 9.79. The van der Waals surface area contributed by atoms with Gasteiger partial charge in [0.25, 0.3) is 0 Å². The topological polar surface area (TPSA) is 164 Å². The number of esters is 4. The predicted octanol–water partition coefficient (Wildman–Crippen LogP) is 11.2. The third-order valence-electron chi connectivity index (χ3n) is 13.4. The Morgan fingerprint density at radius 1 is 0.472 bits per heavy atom. The zero-order valence-electron chi connectivity index (χ0n) is 45.2. The molecule has 72 heavy (non-hydrogen) atoms. The molecule has 0 fully saturated rings. The first-order chi connectivity index (χ1) is 33.6. The van der Waals surface area contributed by atoms with Crippen molar-refractivity contribution in [3.05, 3.63) is 115 Å². The van der Waals surface area contributed by atoms with Crippen molar-refractivity contribution in [3.63, 3.8) is 0 Å². The highest BCUT2D eigenvalue weighted by Gasteiger charge is 2.43. The molecule has 2 heterocycles. The molecule has 0 spiro atoms. The molecule has 3 aliphatic rings. The number of phenolic OH excluding ortho intramolecular Hbond substituents is 2. The van der Waals surface area contributed by atoms with Gasteiger partial charge < -0.3 is 38.6 Å². The van der Waals surface area contributed by atoms with Crippen LogP contribution in [0, 0.1) is 0 Å². The average Bonchev–Trinajstić information content (AvgIpc) is 3.27. The van der Waals surface area contributed by atoms with Gasteiger partial charge in [0.2, 0.25) is 12.2 Å². The molecule has 1 aliphatic carbocycles. The SMILES string of the molecule is CCCCOC(=O)C1OC(=O)COc2c3cc(C(C)(C)C)cc2Cc2cc(C(C)(C)C)cc(c2O)Cc2cc(C(C)(C)C)cc(c2OCC(=O)O[C@H]1C(=O)OCCCC)Cc1cc(C(C)(C)C)cc(c1O)C3. The number of phenols is 2. The van der Waals surface area contributed by atoms with E-state index in [-0.39, 0.29) is 72.1 Å². The Labute approximate surface area is 427 Å². The molecule has 0 radical (unpaired) electrons. The van der Waals surface area contributed by atoms with Gasteiger partial charge in [0, 0.05) is 25.7 Å². The van der Waals surface area contributed by atoms with Gasteiger partial charge in [0.1, 0.15) is 23.0 Å². The molecule has 12 nitrogen and oxygen atoms in total. The van der Waals surface area contributed by atoms with E-state index >= 15 is 0 Å². The molecule has 1 unspecified atom stereocenters. The molecule has 390 valence electrons. The number of benzene rings is 4. The van der Waals surface area contributed by atoms with Gasteiger partial charge in [-0.1, -0.05) is 158 Å². The second-order valence-corrected chi connectivity index (χ2v) is 23.7. The maximum Gasteiger partial charge on any atom is 0.352 e. The minimum Gasteiger partial charge on any atom is -0.507 e. The lowest BCUT2D eigenvalue weighted by molar-refractivity contribution is -0.193. The van der Waals surface area contributed by atoms with Crippen LogP contribution in [0.5, 0.6) is 23.0 Å². The first-order valence-electron chi connectivity index (χ1n) is 25.6. The number of carbonyl (C=O) groups excluding carboxylic acids is 4. The van der Waals surface area contributed by atoms with Crippen LogP contribution in [0.3, 0.4) is 0 Å². The Kier molecular flexibility index (Phi) is 16.9. The van der Waals surface area contributed by atoms with Gasteiger partial charge in [-0.15, -0.1) is 0 Å². The molecule has 2 aliphatic heterocycles. The zero-order chi connectivity index (χ0) is 53.1. The number of rotatable bonds is 8. The maximum absolute atomic E-state index is 14.3.